The molecule has 1 atom stereocenters. The molecular formula is C24H26N6O2. The maximum Gasteiger partial charge on any atom is 0.317 e. The summed E-state index contributed by atoms with van der Waals surface area (Å²) in [6.07, 6.45) is 5.10. The molecule has 0 saturated carbocycles. The Balaban J connectivity index is 1.38. The van der Waals surface area contributed by atoms with Gasteiger partial charge in [0, 0.05) is 12.7 Å². The number of amides is 2. The number of nitrogens with one attached hydrogen (secondary N) is 3. The van der Waals surface area contributed by atoms with Crippen molar-refractivity contribution >= 4 is 23.4 Å². The highest BCUT2D eigenvalue weighted by Gasteiger charge is 2.44. The standard InChI is InChI=1S/C24H26N6O2/c31-23(27-16-19-9-5-14-32-19)30-13-6-11-24(17-30)22(26-15-18-7-2-1-3-8-18)28-21-20(29-24)10-4-12-25-21/h1-5,7-10,12,14,29H,6,11,13,15-17H2,(H,27,31)(H,25,26,28). The molecule has 1 aromatic carbocycles. The number of hydrogen-bond donors (Lipinski definition) is 3. The van der Waals surface area contributed by atoms with E-state index in [1.165, 1.54) is 0 Å². The smallest absolute Gasteiger partial charge is 0.317 e. The number of pyridine rings is 1. The van der Waals surface area contributed by atoms with Crippen LogP contribution in [0.5, 0.6) is 0 Å². The monoisotopic (exact) mass is 430 g/mol. The SMILES string of the molecule is O=C(NCc1ccco1)N1CCCC2(C1)Nc1cccnc1NC2=NCc1ccccc1. The van der Waals surface area contributed by atoms with Crippen molar-refractivity contribution < 1.29 is 9.21 Å². The molecule has 5 rings (SSSR count). The number of furan rings is 1. The normalized spacial score (nSPS) is 21.0. The van der Waals surface area contributed by atoms with Gasteiger partial charge >= 0.3 is 6.03 Å². The fourth-order valence-corrected chi connectivity index (χ4v) is 4.31. The van der Waals surface area contributed by atoms with Crippen molar-refractivity contribution in [1.82, 2.24) is 15.2 Å². The summed E-state index contributed by atoms with van der Waals surface area (Å²) in [6, 6.07) is 17.6. The number of amidine groups is 1. The minimum absolute atomic E-state index is 0.110. The highest BCUT2D eigenvalue weighted by molar-refractivity contribution is 6.09. The Hall–Kier alpha value is -3.81. The number of piperidine rings is 1. The van der Waals surface area contributed by atoms with Gasteiger partial charge in [-0.05, 0) is 42.7 Å². The van der Waals surface area contributed by atoms with Crippen LogP contribution in [0.1, 0.15) is 24.2 Å². The summed E-state index contributed by atoms with van der Waals surface area (Å²) in [4.78, 5) is 24.2. The summed E-state index contributed by atoms with van der Waals surface area (Å²) in [5.41, 5.74) is 1.56. The molecular weight excluding hydrogens is 404 g/mol. The molecule has 32 heavy (non-hydrogen) atoms. The van der Waals surface area contributed by atoms with Crippen LogP contribution in [0.2, 0.25) is 0 Å². The van der Waals surface area contributed by atoms with Crippen molar-refractivity contribution in [2.75, 3.05) is 23.7 Å². The van der Waals surface area contributed by atoms with Crippen LogP contribution in [0.4, 0.5) is 16.3 Å². The van der Waals surface area contributed by atoms with Crippen LogP contribution in [0, 0.1) is 0 Å². The molecule has 164 valence electrons. The summed E-state index contributed by atoms with van der Waals surface area (Å²) in [7, 11) is 0. The van der Waals surface area contributed by atoms with Crippen LogP contribution in [-0.2, 0) is 13.1 Å². The van der Waals surface area contributed by atoms with Crippen LogP contribution in [0.15, 0.2) is 76.5 Å². The number of rotatable bonds is 4. The van der Waals surface area contributed by atoms with Crippen LogP contribution in [0.25, 0.3) is 0 Å². The van der Waals surface area contributed by atoms with Gasteiger partial charge in [-0.3, -0.25) is 4.99 Å². The number of carbonyl (C=O) groups excluding carboxylic acids is 1. The molecule has 0 aliphatic carbocycles. The van der Waals surface area contributed by atoms with Crippen molar-refractivity contribution in [3.63, 3.8) is 0 Å². The third kappa shape index (κ3) is 4.16. The number of carbonyl (C=O) groups is 1. The number of fused-ring (bicyclic) bond motifs is 1. The lowest BCUT2D eigenvalue weighted by Gasteiger charge is -2.46. The lowest BCUT2D eigenvalue weighted by Crippen LogP contribution is -2.63. The molecule has 8 heteroatoms. The number of nitrogens with zero attached hydrogens (tertiary/aromatic N) is 3. The maximum absolute atomic E-state index is 12.9. The highest BCUT2D eigenvalue weighted by Crippen LogP contribution is 2.35. The van der Waals surface area contributed by atoms with Gasteiger partial charge in [0.25, 0.3) is 0 Å². The molecule has 1 unspecified atom stereocenters. The van der Waals surface area contributed by atoms with E-state index in [-0.39, 0.29) is 6.03 Å². The molecule has 2 aliphatic rings. The molecule has 3 N–H and O–H groups in total. The molecule has 2 aromatic heterocycles. The Morgan fingerprint density at radius 1 is 1.19 bits per heavy atom. The molecule has 8 nitrogen and oxygen atoms in total. The zero-order chi connectivity index (χ0) is 21.8. The Bertz CT molecular complexity index is 1100. The first-order valence-corrected chi connectivity index (χ1v) is 10.9. The number of aliphatic imine (C=N–C) groups is 1. The van der Waals surface area contributed by atoms with E-state index >= 15 is 0 Å². The van der Waals surface area contributed by atoms with Crippen molar-refractivity contribution in [1.29, 1.82) is 0 Å². The molecule has 0 bridgehead atoms. The van der Waals surface area contributed by atoms with E-state index < -0.39 is 5.54 Å². The highest BCUT2D eigenvalue weighted by atomic mass is 16.3. The zero-order valence-corrected chi connectivity index (χ0v) is 17.8. The van der Waals surface area contributed by atoms with E-state index in [2.05, 4.69) is 33.1 Å². The number of hydrogen-bond acceptors (Lipinski definition) is 5. The molecule has 4 heterocycles. The van der Waals surface area contributed by atoms with E-state index in [9.17, 15) is 4.79 Å². The van der Waals surface area contributed by atoms with Crippen molar-refractivity contribution in [2.24, 2.45) is 4.99 Å². The third-order valence-electron chi connectivity index (χ3n) is 5.91. The van der Waals surface area contributed by atoms with Gasteiger partial charge in [0.2, 0.25) is 0 Å². The Kier molecular flexibility index (Phi) is 5.49. The van der Waals surface area contributed by atoms with Crippen LogP contribution in [-0.4, -0.2) is 40.4 Å². The van der Waals surface area contributed by atoms with Gasteiger partial charge in [-0.15, -0.1) is 0 Å². The summed E-state index contributed by atoms with van der Waals surface area (Å²) in [5.74, 6) is 2.30. The first kappa shape index (κ1) is 20.1. The Morgan fingerprint density at radius 3 is 2.94 bits per heavy atom. The second-order valence-corrected chi connectivity index (χ2v) is 8.15. The van der Waals surface area contributed by atoms with Gasteiger partial charge in [-0.25, -0.2) is 9.78 Å². The van der Waals surface area contributed by atoms with E-state index in [0.29, 0.717) is 26.2 Å². The van der Waals surface area contributed by atoms with E-state index in [1.54, 1.807) is 12.5 Å². The summed E-state index contributed by atoms with van der Waals surface area (Å²) in [5, 5.41) is 10.1. The van der Waals surface area contributed by atoms with Gasteiger partial charge in [0.15, 0.2) is 5.82 Å². The van der Waals surface area contributed by atoms with Crippen molar-refractivity contribution in [3.8, 4) is 0 Å². The minimum atomic E-state index is -0.495. The van der Waals surface area contributed by atoms with Gasteiger partial charge in [0.05, 0.1) is 31.6 Å². The van der Waals surface area contributed by atoms with E-state index in [0.717, 1.165) is 41.5 Å². The van der Waals surface area contributed by atoms with Crippen LogP contribution < -0.4 is 16.0 Å². The van der Waals surface area contributed by atoms with Gasteiger partial charge in [0.1, 0.15) is 17.1 Å². The predicted octanol–water partition coefficient (Wildman–Crippen LogP) is 3.86. The third-order valence-corrected chi connectivity index (χ3v) is 5.91. The zero-order valence-electron chi connectivity index (χ0n) is 17.8. The number of anilines is 2. The lowest BCUT2D eigenvalue weighted by atomic mass is 9.85. The number of aromatic nitrogens is 1. The minimum Gasteiger partial charge on any atom is -0.467 e. The maximum atomic E-state index is 12.9. The van der Waals surface area contributed by atoms with Gasteiger partial charge < -0.3 is 25.3 Å². The second kappa shape index (κ2) is 8.74. The lowest BCUT2D eigenvalue weighted by molar-refractivity contribution is 0.173. The fraction of sp³-hybridized carbons (Fsp3) is 0.292. The molecule has 2 aliphatic heterocycles. The average molecular weight is 431 g/mol. The molecule has 2 amide bonds. The van der Waals surface area contributed by atoms with Crippen molar-refractivity contribution in [3.05, 3.63) is 78.4 Å². The second-order valence-electron chi connectivity index (χ2n) is 8.15. The van der Waals surface area contributed by atoms with E-state index in [1.807, 2.05) is 47.4 Å². The average Bonchev–Trinajstić information content (AvgIpc) is 3.36. The first-order chi connectivity index (χ1) is 15.7. The van der Waals surface area contributed by atoms with Crippen molar-refractivity contribution in [2.45, 2.75) is 31.5 Å². The van der Waals surface area contributed by atoms with Crippen LogP contribution >= 0.6 is 0 Å². The quantitative estimate of drug-likeness (QED) is 0.584. The first-order valence-electron chi connectivity index (χ1n) is 10.9. The number of benzene rings is 1. The molecule has 1 spiro atoms. The predicted molar refractivity (Wildman–Crippen MR) is 124 cm³/mol. The Morgan fingerprint density at radius 2 is 2.09 bits per heavy atom. The van der Waals surface area contributed by atoms with Crippen LogP contribution in [0.3, 0.4) is 0 Å². The summed E-state index contributed by atoms with van der Waals surface area (Å²) < 4.78 is 5.33. The number of urea groups is 1. The molecule has 3 aromatic rings. The molecule has 1 fully saturated rings. The summed E-state index contributed by atoms with van der Waals surface area (Å²) in [6.45, 7) is 2.12. The molecule has 0 radical (unpaired) electrons. The fourth-order valence-electron chi connectivity index (χ4n) is 4.31. The summed E-state index contributed by atoms with van der Waals surface area (Å²) >= 11 is 0. The van der Waals surface area contributed by atoms with Gasteiger partial charge in [-0.2, -0.15) is 0 Å². The topological polar surface area (TPSA) is 94.8 Å². The largest absolute Gasteiger partial charge is 0.467 e. The Labute approximate surface area is 186 Å². The van der Waals surface area contributed by atoms with E-state index in [4.69, 9.17) is 9.41 Å². The van der Waals surface area contributed by atoms with Gasteiger partial charge in [-0.1, -0.05) is 30.3 Å². The molecule has 1 saturated heterocycles. The number of likely N-dealkylation sites (tertiary alicyclic amines) is 1.